The van der Waals surface area contributed by atoms with Gasteiger partial charge in [0.25, 0.3) is 0 Å². The molecule has 0 aliphatic rings. The first-order valence-electron chi connectivity index (χ1n) is 2.59. The summed E-state index contributed by atoms with van der Waals surface area (Å²) >= 11 is 1.62. The first kappa shape index (κ1) is 6.23. The Morgan fingerprint density at radius 1 is 1.56 bits per heavy atom. The molecule has 46 valence electrons. The highest BCUT2D eigenvalue weighted by Crippen LogP contribution is 2.09. The molecular formula is C7H6OS. The van der Waals surface area contributed by atoms with Gasteiger partial charge in [0.2, 0.25) is 0 Å². The van der Waals surface area contributed by atoms with Crippen molar-refractivity contribution in [3.05, 3.63) is 28.5 Å². The van der Waals surface area contributed by atoms with Crippen molar-refractivity contribution >= 4 is 23.7 Å². The molecule has 0 unspecified atom stereocenters. The van der Waals surface area contributed by atoms with Gasteiger partial charge >= 0.3 is 0 Å². The van der Waals surface area contributed by atoms with Crippen LogP contribution in [0.2, 0.25) is 0 Å². The smallest absolute Gasteiger partial charge is 0.142 e. The topological polar surface area (TPSA) is 17.1 Å². The predicted octanol–water partition coefficient (Wildman–Crippen LogP) is 1.96. The third-order valence-electron chi connectivity index (χ3n) is 0.882. The highest BCUT2D eigenvalue weighted by Gasteiger charge is 1.81. The highest BCUT2D eigenvalue weighted by atomic mass is 32.1. The molecule has 1 heterocycles. The summed E-state index contributed by atoms with van der Waals surface area (Å²) in [6, 6.07) is 3.92. The maximum Gasteiger partial charge on any atom is 0.142 e. The van der Waals surface area contributed by atoms with Gasteiger partial charge in [0.05, 0.1) is 0 Å². The van der Waals surface area contributed by atoms with E-state index in [9.17, 15) is 4.79 Å². The van der Waals surface area contributed by atoms with Crippen molar-refractivity contribution in [3.63, 3.8) is 0 Å². The summed E-state index contributed by atoms with van der Waals surface area (Å²) in [5.74, 6) is 0. The highest BCUT2D eigenvalue weighted by molar-refractivity contribution is 7.10. The molecular weight excluding hydrogens is 132 g/mol. The number of thiophene rings is 1. The van der Waals surface area contributed by atoms with Gasteiger partial charge in [-0.05, 0) is 23.6 Å². The lowest BCUT2D eigenvalue weighted by atomic mass is 10.4. The van der Waals surface area contributed by atoms with Crippen molar-refractivity contribution in [2.45, 2.75) is 0 Å². The van der Waals surface area contributed by atoms with Gasteiger partial charge in [0.15, 0.2) is 0 Å². The van der Waals surface area contributed by atoms with Crippen LogP contribution in [0, 0.1) is 0 Å². The molecule has 0 saturated carbocycles. The van der Waals surface area contributed by atoms with Crippen LogP contribution in [0.25, 0.3) is 6.08 Å². The Labute approximate surface area is 57.6 Å². The molecule has 1 aromatic heterocycles. The number of rotatable bonds is 2. The average Bonchev–Trinajstić information content (AvgIpc) is 2.34. The van der Waals surface area contributed by atoms with E-state index in [1.807, 2.05) is 17.5 Å². The van der Waals surface area contributed by atoms with Gasteiger partial charge < -0.3 is 0 Å². The molecule has 9 heavy (non-hydrogen) atoms. The van der Waals surface area contributed by atoms with Crippen molar-refractivity contribution in [1.29, 1.82) is 0 Å². The van der Waals surface area contributed by atoms with Crippen LogP contribution in [0.3, 0.4) is 0 Å². The van der Waals surface area contributed by atoms with Gasteiger partial charge in [-0.2, -0.15) is 0 Å². The van der Waals surface area contributed by atoms with Crippen molar-refractivity contribution in [3.8, 4) is 0 Å². The van der Waals surface area contributed by atoms with E-state index in [4.69, 9.17) is 0 Å². The molecule has 0 aliphatic carbocycles. The van der Waals surface area contributed by atoms with Crippen molar-refractivity contribution in [1.82, 2.24) is 0 Å². The molecule has 2 heteroatoms. The van der Waals surface area contributed by atoms with E-state index in [0.717, 1.165) is 11.2 Å². The third-order valence-corrected chi connectivity index (χ3v) is 1.72. The molecule has 0 amide bonds. The zero-order valence-electron chi connectivity index (χ0n) is 4.78. The zero-order valence-corrected chi connectivity index (χ0v) is 5.60. The summed E-state index contributed by atoms with van der Waals surface area (Å²) in [6.45, 7) is 0. The van der Waals surface area contributed by atoms with E-state index in [1.165, 1.54) is 6.08 Å². The minimum Gasteiger partial charge on any atom is -0.299 e. The second kappa shape index (κ2) is 3.20. The fourth-order valence-electron chi connectivity index (χ4n) is 0.520. The van der Waals surface area contributed by atoms with Gasteiger partial charge in [-0.15, -0.1) is 11.3 Å². The Balaban J connectivity index is 2.67. The summed E-state index contributed by atoms with van der Waals surface area (Å²) in [5.41, 5.74) is 0. The SMILES string of the molecule is O=CC=Cc1cccs1. The first-order valence-corrected chi connectivity index (χ1v) is 3.47. The minimum absolute atomic E-state index is 0.777. The summed E-state index contributed by atoms with van der Waals surface area (Å²) in [7, 11) is 0. The van der Waals surface area contributed by atoms with Gasteiger partial charge in [-0.25, -0.2) is 0 Å². The molecule has 0 saturated heterocycles. The minimum atomic E-state index is 0.777. The average molecular weight is 138 g/mol. The van der Waals surface area contributed by atoms with Gasteiger partial charge in [0.1, 0.15) is 6.29 Å². The quantitative estimate of drug-likeness (QED) is 0.451. The maximum absolute atomic E-state index is 9.82. The van der Waals surface area contributed by atoms with Crippen molar-refractivity contribution in [2.24, 2.45) is 0 Å². The Hall–Kier alpha value is -0.890. The maximum atomic E-state index is 9.82. The Kier molecular flexibility index (Phi) is 2.22. The van der Waals surface area contributed by atoms with E-state index in [-0.39, 0.29) is 0 Å². The van der Waals surface area contributed by atoms with Crippen LogP contribution in [-0.4, -0.2) is 6.29 Å². The lowest BCUT2D eigenvalue weighted by Gasteiger charge is -1.74. The molecule has 0 atom stereocenters. The predicted molar refractivity (Wildman–Crippen MR) is 39.4 cm³/mol. The number of hydrogen-bond donors (Lipinski definition) is 0. The number of allylic oxidation sites excluding steroid dienone is 1. The van der Waals surface area contributed by atoms with E-state index in [0.29, 0.717) is 0 Å². The lowest BCUT2D eigenvalue weighted by Crippen LogP contribution is -1.58. The van der Waals surface area contributed by atoms with Gasteiger partial charge in [-0.3, -0.25) is 4.79 Å². The van der Waals surface area contributed by atoms with Crippen LogP contribution in [0.15, 0.2) is 23.6 Å². The van der Waals surface area contributed by atoms with Gasteiger partial charge in [0, 0.05) is 4.88 Å². The summed E-state index contributed by atoms with van der Waals surface area (Å²) in [4.78, 5) is 10.9. The third kappa shape index (κ3) is 1.82. The van der Waals surface area contributed by atoms with Crippen molar-refractivity contribution < 1.29 is 4.79 Å². The molecule has 1 rings (SSSR count). The summed E-state index contributed by atoms with van der Waals surface area (Å²) < 4.78 is 0. The van der Waals surface area contributed by atoms with Crippen molar-refractivity contribution in [2.75, 3.05) is 0 Å². The standard InChI is InChI=1S/C7H6OS/c8-5-1-3-7-4-2-6-9-7/h1-6H. The first-order chi connectivity index (χ1) is 4.43. The van der Waals surface area contributed by atoms with E-state index >= 15 is 0 Å². The molecule has 0 spiro atoms. The number of carbonyl (C=O) groups is 1. The van der Waals surface area contributed by atoms with Crippen LogP contribution in [-0.2, 0) is 4.79 Å². The number of hydrogen-bond acceptors (Lipinski definition) is 2. The van der Waals surface area contributed by atoms with E-state index < -0.39 is 0 Å². The monoisotopic (exact) mass is 138 g/mol. The Morgan fingerprint density at radius 2 is 2.44 bits per heavy atom. The molecule has 0 aromatic carbocycles. The molecule has 1 nitrogen and oxygen atoms in total. The molecule has 0 fully saturated rings. The number of aldehydes is 1. The lowest BCUT2D eigenvalue weighted by molar-refractivity contribution is -0.104. The van der Waals surface area contributed by atoms with Crippen LogP contribution in [0.5, 0.6) is 0 Å². The molecule has 0 bridgehead atoms. The van der Waals surface area contributed by atoms with E-state index in [1.54, 1.807) is 17.4 Å². The van der Waals surface area contributed by atoms with E-state index in [2.05, 4.69) is 0 Å². The van der Waals surface area contributed by atoms with Crippen LogP contribution < -0.4 is 0 Å². The van der Waals surface area contributed by atoms with Gasteiger partial charge in [-0.1, -0.05) is 6.07 Å². The Morgan fingerprint density at radius 3 is 3.00 bits per heavy atom. The fourth-order valence-corrected chi connectivity index (χ4v) is 1.15. The normalized spacial score (nSPS) is 10.2. The number of carbonyl (C=O) groups excluding carboxylic acids is 1. The Bertz CT molecular complexity index is 199. The fraction of sp³-hybridized carbons (Fsp3) is 0. The van der Waals surface area contributed by atoms with Crippen LogP contribution >= 0.6 is 11.3 Å². The molecule has 0 aliphatic heterocycles. The molecule has 0 N–H and O–H groups in total. The zero-order chi connectivity index (χ0) is 6.53. The molecule has 1 aromatic rings. The van der Waals surface area contributed by atoms with Crippen LogP contribution in [0.4, 0.5) is 0 Å². The molecule has 0 radical (unpaired) electrons. The van der Waals surface area contributed by atoms with Crippen LogP contribution in [0.1, 0.15) is 4.88 Å². The summed E-state index contributed by atoms with van der Waals surface area (Å²) in [5, 5.41) is 1.98. The summed E-state index contributed by atoms with van der Waals surface area (Å²) in [6.07, 6.45) is 4.06. The second-order valence-electron chi connectivity index (χ2n) is 1.51. The largest absolute Gasteiger partial charge is 0.299 e. The second-order valence-corrected chi connectivity index (χ2v) is 2.49.